The number of hydrogen-bond donors (Lipinski definition) is 1. The van der Waals surface area contributed by atoms with Crippen molar-refractivity contribution in [3.63, 3.8) is 0 Å². The minimum atomic E-state index is -0.761. The lowest BCUT2D eigenvalue weighted by atomic mass is 9.98. The van der Waals surface area contributed by atoms with E-state index in [0.717, 1.165) is 0 Å². The molecular weight excluding hydrogens is 244 g/mol. The molecular formula is C14H12N2O3. The highest BCUT2D eigenvalue weighted by Gasteiger charge is 2.18. The molecule has 0 amide bonds. The van der Waals surface area contributed by atoms with Gasteiger partial charge in [0.05, 0.1) is 11.0 Å². The van der Waals surface area contributed by atoms with Crippen molar-refractivity contribution in [1.29, 1.82) is 0 Å². The summed E-state index contributed by atoms with van der Waals surface area (Å²) < 4.78 is 0. The number of nitro groups is 1. The fraction of sp³-hybridized carbons (Fsp3) is 0.0714. The van der Waals surface area contributed by atoms with Crippen molar-refractivity contribution in [3.05, 3.63) is 75.8 Å². The smallest absolute Gasteiger partial charge is 0.269 e. The number of Topliss-reactive ketones (excluding diaryl/α,β-unsaturated/α-hetero) is 1. The summed E-state index contributed by atoms with van der Waals surface area (Å²) in [5, 5.41) is 10.5. The SMILES string of the molecule is NC(C(=O)c1ccc([N+](=O)[O-])cc1)c1ccccc1. The number of nitrogens with two attached hydrogens (primary N) is 1. The van der Waals surface area contributed by atoms with E-state index in [1.165, 1.54) is 24.3 Å². The average molecular weight is 256 g/mol. The van der Waals surface area contributed by atoms with Crippen LogP contribution in [0, 0.1) is 10.1 Å². The molecule has 0 aliphatic heterocycles. The van der Waals surface area contributed by atoms with Gasteiger partial charge in [0, 0.05) is 17.7 Å². The molecule has 0 aromatic heterocycles. The van der Waals surface area contributed by atoms with E-state index in [-0.39, 0.29) is 11.5 Å². The molecule has 0 radical (unpaired) electrons. The summed E-state index contributed by atoms with van der Waals surface area (Å²) in [7, 11) is 0. The first kappa shape index (κ1) is 12.9. The lowest BCUT2D eigenvalue weighted by molar-refractivity contribution is -0.384. The molecule has 5 heteroatoms. The molecule has 0 aliphatic rings. The Morgan fingerprint density at radius 3 is 2.16 bits per heavy atom. The first-order chi connectivity index (χ1) is 9.09. The molecule has 1 unspecified atom stereocenters. The largest absolute Gasteiger partial charge is 0.318 e. The third-order valence-corrected chi connectivity index (χ3v) is 2.80. The Kier molecular flexibility index (Phi) is 3.68. The molecule has 2 aromatic carbocycles. The maximum Gasteiger partial charge on any atom is 0.269 e. The lowest BCUT2D eigenvalue weighted by Gasteiger charge is -2.10. The number of carbonyl (C=O) groups excluding carboxylic acids is 1. The van der Waals surface area contributed by atoms with Gasteiger partial charge in [0.25, 0.3) is 5.69 Å². The number of nitrogens with zero attached hydrogens (tertiary/aromatic N) is 1. The van der Waals surface area contributed by atoms with E-state index in [1.54, 1.807) is 24.3 Å². The summed E-state index contributed by atoms with van der Waals surface area (Å²) in [6, 6.07) is 13.7. The molecule has 0 aliphatic carbocycles. The molecule has 5 nitrogen and oxygen atoms in total. The predicted octanol–water partition coefficient (Wildman–Crippen LogP) is 2.48. The van der Waals surface area contributed by atoms with Crippen molar-refractivity contribution < 1.29 is 9.72 Å². The van der Waals surface area contributed by atoms with Gasteiger partial charge in [-0.25, -0.2) is 0 Å². The number of non-ortho nitro benzene ring substituents is 1. The third kappa shape index (κ3) is 2.83. The van der Waals surface area contributed by atoms with Gasteiger partial charge in [-0.05, 0) is 17.7 Å². The second-order valence-corrected chi connectivity index (χ2v) is 4.06. The zero-order valence-corrected chi connectivity index (χ0v) is 10.0. The second kappa shape index (κ2) is 5.41. The Morgan fingerprint density at radius 1 is 1.05 bits per heavy atom. The molecule has 2 aromatic rings. The zero-order valence-electron chi connectivity index (χ0n) is 10.0. The number of ketones is 1. The van der Waals surface area contributed by atoms with Crippen LogP contribution in [0.5, 0.6) is 0 Å². The number of carbonyl (C=O) groups is 1. The molecule has 0 spiro atoms. The van der Waals surface area contributed by atoms with E-state index in [0.29, 0.717) is 11.1 Å². The van der Waals surface area contributed by atoms with Crippen LogP contribution in [0.25, 0.3) is 0 Å². The zero-order chi connectivity index (χ0) is 13.8. The molecule has 2 N–H and O–H groups in total. The number of hydrogen-bond acceptors (Lipinski definition) is 4. The van der Waals surface area contributed by atoms with Crippen molar-refractivity contribution >= 4 is 11.5 Å². The fourth-order valence-corrected chi connectivity index (χ4v) is 1.74. The van der Waals surface area contributed by atoms with Crippen LogP contribution in [0.1, 0.15) is 22.0 Å². The van der Waals surface area contributed by atoms with Crippen molar-refractivity contribution in [2.45, 2.75) is 6.04 Å². The Balaban J connectivity index is 2.22. The van der Waals surface area contributed by atoms with Gasteiger partial charge in [0.1, 0.15) is 0 Å². The normalized spacial score (nSPS) is 11.8. The van der Waals surface area contributed by atoms with Gasteiger partial charge in [-0.15, -0.1) is 0 Å². The molecule has 0 saturated carbocycles. The highest BCUT2D eigenvalue weighted by Crippen LogP contribution is 2.18. The van der Waals surface area contributed by atoms with E-state index in [4.69, 9.17) is 5.73 Å². The molecule has 0 bridgehead atoms. The second-order valence-electron chi connectivity index (χ2n) is 4.06. The van der Waals surface area contributed by atoms with E-state index in [9.17, 15) is 14.9 Å². The quantitative estimate of drug-likeness (QED) is 0.517. The summed E-state index contributed by atoms with van der Waals surface area (Å²) in [5.74, 6) is -0.263. The maximum absolute atomic E-state index is 12.1. The molecule has 0 fully saturated rings. The van der Waals surface area contributed by atoms with Crippen molar-refractivity contribution in [2.75, 3.05) is 0 Å². The Bertz CT molecular complexity index is 594. The van der Waals surface area contributed by atoms with Gasteiger partial charge in [-0.3, -0.25) is 14.9 Å². The van der Waals surface area contributed by atoms with Crippen LogP contribution in [-0.2, 0) is 0 Å². The highest BCUT2D eigenvalue weighted by atomic mass is 16.6. The first-order valence-corrected chi connectivity index (χ1v) is 5.69. The summed E-state index contributed by atoms with van der Waals surface area (Å²) in [4.78, 5) is 22.2. The van der Waals surface area contributed by atoms with Crippen LogP contribution in [-0.4, -0.2) is 10.7 Å². The molecule has 96 valence electrons. The standard InChI is InChI=1S/C14H12N2O3/c15-13(10-4-2-1-3-5-10)14(17)11-6-8-12(9-7-11)16(18)19/h1-9,13H,15H2. The van der Waals surface area contributed by atoms with E-state index < -0.39 is 11.0 Å². The van der Waals surface area contributed by atoms with Crippen LogP contribution in [0.2, 0.25) is 0 Å². The Labute approximate surface area is 109 Å². The molecule has 0 heterocycles. The Morgan fingerprint density at radius 2 is 1.63 bits per heavy atom. The van der Waals surface area contributed by atoms with Gasteiger partial charge in [-0.1, -0.05) is 30.3 Å². The van der Waals surface area contributed by atoms with Crippen molar-refractivity contribution in [1.82, 2.24) is 0 Å². The maximum atomic E-state index is 12.1. The van der Waals surface area contributed by atoms with Gasteiger partial charge >= 0.3 is 0 Å². The Hall–Kier alpha value is -2.53. The molecule has 19 heavy (non-hydrogen) atoms. The van der Waals surface area contributed by atoms with E-state index in [2.05, 4.69) is 0 Å². The highest BCUT2D eigenvalue weighted by molar-refractivity contribution is 6.00. The molecule has 1 atom stereocenters. The van der Waals surface area contributed by atoms with Crippen LogP contribution in [0.15, 0.2) is 54.6 Å². The van der Waals surface area contributed by atoms with Crippen LogP contribution in [0.3, 0.4) is 0 Å². The summed E-state index contributed by atoms with van der Waals surface area (Å²) in [5.41, 5.74) is 6.91. The van der Waals surface area contributed by atoms with E-state index in [1.807, 2.05) is 6.07 Å². The predicted molar refractivity (Wildman–Crippen MR) is 70.8 cm³/mol. The minimum Gasteiger partial charge on any atom is -0.318 e. The van der Waals surface area contributed by atoms with Crippen LogP contribution >= 0.6 is 0 Å². The number of rotatable bonds is 4. The lowest BCUT2D eigenvalue weighted by Crippen LogP contribution is -2.21. The van der Waals surface area contributed by atoms with Gasteiger partial charge in [0.15, 0.2) is 5.78 Å². The topological polar surface area (TPSA) is 86.2 Å². The van der Waals surface area contributed by atoms with Gasteiger partial charge < -0.3 is 5.73 Å². The summed E-state index contributed by atoms with van der Waals surface area (Å²) in [6.45, 7) is 0. The minimum absolute atomic E-state index is 0.0511. The number of nitro benzene ring substituents is 1. The van der Waals surface area contributed by atoms with Gasteiger partial charge in [0.2, 0.25) is 0 Å². The summed E-state index contributed by atoms with van der Waals surface area (Å²) >= 11 is 0. The average Bonchev–Trinajstić information content (AvgIpc) is 2.46. The molecule has 2 rings (SSSR count). The van der Waals surface area contributed by atoms with Crippen molar-refractivity contribution in [3.8, 4) is 0 Å². The third-order valence-electron chi connectivity index (χ3n) is 2.80. The molecule has 0 saturated heterocycles. The fourth-order valence-electron chi connectivity index (χ4n) is 1.74. The van der Waals surface area contributed by atoms with Crippen molar-refractivity contribution in [2.24, 2.45) is 5.73 Å². The summed E-state index contributed by atoms with van der Waals surface area (Å²) in [6.07, 6.45) is 0. The van der Waals surface area contributed by atoms with Gasteiger partial charge in [-0.2, -0.15) is 0 Å². The van der Waals surface area contributed by atoms with Crippen LogP contribution in [0.4, 0.5) is 5.69 Å². The van der Waals surface area contributed by atoms with E-state index >= 15 is 0 Å². The number of benzene rings is 2. The first-order valence-electron chi connectivity index (χ1n) is 5.69. The van der Waals surface area contributed by atoms with Crippen LogP contribution < -0.4 is 5.73 Å². The monoisotopic (exact) mass is 256 g/mol.